The molecule has 2 nitrogen and oxygen atoms in total. The first-order valence-electron chi connectivity index (χ1n) is 6.01. The topological polar surface area (TPSA) is 29.5 Å². The normalized spacial score (nSPS) is 27.7. The summed E-state index contributed by atoms with van der Waals surface area (Å²) in [4.78, 5) is 1.05. The average molecular weight is 240 g/mol. The number of thiophene rings is 1. The highest BCUT2D eigenvalue weighted by atomic mass is 32.1. The fourth-order valence-corrected chi connectivity index (χ4v) is 3.36. The molecule has 1 atom stereocenters. The van der Waals surface area contributed by atoms with E-state index in [1.165, 1.54) is 12.8 Å². The zero-order valence-corrected chi connectivity index (χ0v) is 10.8. The maximum absolute atomic E-state index is 10.3. The predicted octanol–water partition coefficient (Wildman–Crippen LogP) is 3.62. The molecule has 0 spiro atoms. The Morgan fingerprint density at radius 2 is 2.06 bits per heavy atom. The van der Waals surface area contributed by atoms with Crippen LogP contribution in [-0.4, -0.2) is 12.2 Å². The van der Waals surface area contributed by atoms with E-state index in [1.54, 1.807) is 18.4 Å². The lowest BCUT2D eigenvalue weighted by Gasteiger charge is -2.29. The number of methoxy groups -OCH3 is 1. The second-order valence-electron chi connectivity index (χ2n) is 4.85. The molecule has 0 radical (unpaired) electrons. The highest BCUT2D eigenvalue weighted by Crippen LogP contribution is 2.39. The van der Waals surface area contributed by atoms with Crippen LogP contribution in [-0.2, 0) is 0 Å². The van der Waals surface area contributed by atoms with Crippen molar-refractivity contribution < 1.29 is 9.84 Å². The molecule has 16 heavy (non-hydrogen) atoms. The predicted molar refractivity (Wildman–Crippen MR) is 67.0 cm³/mol. The zero-order chi connectivity index (χ0) is 11.5. The van der Waals surface area contributed by atoms with Gasteiger partial charge in [-0.05, 0) is 30.7 Å². The van der Waals surface area contributed by atoms with Crippen LogP contribution in [0.4, 0.5) is 0 Å². The first-order valence-corrected chi connectivity index (χ1v) is 6.89. The van der Waals surface area contributed by atoms with Crippen molar-refractivity contribution in [3.05, 3.63) is 16.3 Å². The summed E-state index contributed by atoms with van der Waals surface area (Å²) in [5.41, 5.74) is 0. The van der Waals surface area contributed by atoms with Crippen molar-refractivity contribution in [2.24, 2.45) is 11.8 Å². The minimum Gasteiger partial charge on any atom is -0.496 e. The highest BCUT2D eigenvalue weighted by Gasteiger charge is 2.26. The summed E-state index contributed by atoms with van der Waals surface area (Å²) in [6.45, 7) is 2.30. The van der Waals surface area contributed by atoms with E-state index in [2.05, 4.69) is 6.92 Å². The number of rotatable bonds is 3. The van der Waals surface area contributed by atoms with E-state index in [4.69, 9.17) is 4.74 Å². The van der Waals surface area contributed by atoms with E-state index in [0.717, 1.165) is 29.4 Å². The van der Waals surface area contributed by atoms with Gasteiger partial charge in [0.15, 0.2) is 0 Å². The Balaban J connectivity index is 1.98. The first-order chi connectivity index (χ1) is 7.70. The van der Waals surface area contributed by atoms with E-state index in [9.17, 15) is 5.11 Å². The van der Waals surface area contributed by atoms with Gasteiger partial charge in [0.1, 0.15) is 5.75 Å². The Bertz CT molecular complexity index is 326. The summed E-state index contributed by atoms with van der Waals surface area (Å²) >= 11 is 1.60. The molecule has 0 amide bonds. The van der Waals surface area contributed by atoms with Gasteiger partial charge in [-0.15, -0.1) is 11.3 Å². The lowest BCUT2D eigenvalue weighted by molar-refractivity contribution is 0.0783. The van der Waals surface area contributed by atoms with Gasteiger partial charge < -0.3 is 9.84 Å². The lowest BCUT2D eigenvalue weighted by Crippen LogP contribution is -2.18. The molecule has 2 rings (SSSR count). The number of hydrogen-bond acceptors (Lipinski definition) is 3. The fourth-order valence-electron chi connectivity index (χ4n) is 2.43. The van der Waals surface area contributed by atoms with Crippen molar-refractivity contribution in [1.29, 1.82) is 0 Å². The SMILES string of the molecule is COc1csc(C(O)C2CCC(C)CC2)c1. The number of hydrogen-bond donors (Lipinski definition) is 1. The molecule has 1 aromatic rings. The van der Waals surface area contributed by atoms with Crippen LogP contribution in [0.5, 0.6) is 5.75 Å². The van der Waals surface area contributed by atoms with Gasteiger partial charge in [0.05, 0.1) is 13.2 Å². The van der Waals surface area contributed by atoms with Gasteiger partial charge in [0.25, 0.3) is 0 Å². The molecule has 3 heteroatoms. The molecule has 90 valence electrons. The van der Waals surface area contributed by atoms with E-state index >= 15 is 0 Å². The summed E-state index contributed by atoms with van der Waals surface area (Å²) in [5.74, 6) is 2.14. The molecular formula is C13H20O2S. The molecule has 1 N–H and O–H groups in total. The van der Waals surface area contributed by atoms with E-state index < -0.39 is 0 Å². The third kappa shape index (κ3) is 2.58. The first kappa shape index (κ1) is 11.9. The largest absolute Gasteiger partial charge is 0.496 e. The van der Waals surface area contributed by atoms with E-state index in [1.807, 2.05) is 11.4 Å². The summed E-state index contributed by atoms with van der Waals surface area (Å²) in [5, 5.41) is 12.3. The maximum Gasteiger partial charge on any atom is 0.129 e. The molecule has 0 aromatic carbocycles. The van der Waals surface area contributed by atoms with Crippen LogP contribution in [0.25, 0.3) is 0 Å². The Morgan fingerprint density at radius 1 is 1.38 bits per heavy atom. The second-order valence-corrected chi connectivity index (χ2v) is 5.80. The lowest BCUT2D eigenvalue weighted by atomic mass is 9.80. The van der Waals surface area contributed by atoms with Gasteiger partial charge in [-0.25, -0.2) is 0 Å². The molecule has 0 bridgehead atoms. The molecule has 0 saturated heterocycles. The van der Waals surface area contributed by atoms with Crippen LogP contribution in [0, 0.1) is 11.8 Å². The van der Waals surface area contributed by atoms with Gasteiger partial charge in [-0.3, -0.25) is 0 Å². The van der Waals surface area contributed by atoms with Gasteiger partial charge in [-0.2, -0.15) is 0 Å². The van der Waals surface area contributed by atoms with Gasteiger partial charge in [0, 0.05) is 10.3 Å². The van der Waals surface area contributed by atoms with Crippen molar-refractivity contribution in [3.8, 4) is 5.75 Å². The van der Waals surface area contributed by atoms with Crippen molar-refractivity contribution >= 4 is 11.3 Å². The standard InChI is InChI=1S/C13H20O2S/c1-9-3-5-10(6-4-9)13(14)12-7-11(15-2)8-16-12/h7-10,13-14H,3-6H2,1-2H3. The minimum atomic E-state index is -0.290. The molecule has 1 heterocycles. The summed E-state index contributed by atoms with van der Waals surface area (Å²) < 4.78 is 5.15. The van der Waals surface area contributed by atoms with Gasteiger partial charge in [-0.1, -0.05) is 19.8 Å². The average Bonchev–Trinajstić information content (AvgIpc) is 2.77. The van der Waals surface area contributed by atoms with Crippen molar-refractivity contribution in [2.45, 2.75) is 38.7 Å². The molecule has 1 aliphatic rings. The molecular weight excluding hydrogens is 220 g/mol. The summed E-state index contributed by atoms with van der Waals surface area (Å²) in [7, 11) is 1.67. The number of aliphatic hydroxyl groups excluding tert-OH is 1. The molecule has 1 saturated carbocycles. The van der Waals surface area contributed by atoms with E-state index in [0.29, 0.717) is 5.92 Å². The fraction of sp³-hybridized carbons (Fsp3) is 0.692. The zero-order valence-electron chi connectivity index (χ0n) is 9.98. The summed E-state index contributed by atoms with van der Waals surface area (Å²) in [6.07, 6.45) is 4.53. The van der Waals surface area contributed by atoms with Crippen LogP contribution >= 0.6 is 11.3 Å². The Labute approximate surface area is 101 Å². The van der Waals surface area contributed by atoms with Crippen molar-refractivity contribution in [2.75, 3.05) is 7.11 Å². The highest BCUT2D eigenvalue weighted by molar-refractivity contribution is 7.10. The third-order valence-corrected chi connectivity index (χ3v) is 4.61. The minimum absolute atomic E-state index is 0.290. The second kappa shape index (κ2) is 5.19. The van der Waals surface area contributed by atoms with Crippen LogP contribution in [0.1, 0.15) is 43.6 Å². The quantitative estimate of drug-likeness (QED) is 0.874. The van der Waals surface area contributed by atoms with Crippen molar-refractivity contribution in [1.82, 2.24) is 0 Å². The van der Waals surface area contributed by atoms with Gasteiger partial charge >= 0.3 is 0 Å². The monoisotopic (exact) mass is 240 g/mol. The molecule has 1 fully saturated rings. The molecule has 1 unspecified atom stereocenters. The molecule has 1 aromatic heterocycles. The maximum atomic E-state index is 10.3. The van der Waals surface area contributed by atoms with E-state index in [-0.39, 0.29) is 6.10 Å². The van der Waals surface area contributed by atoms with Crippen LogP contribution in [0.3, 0.4) is 0 Å². The number of ether oxygens (including phenoxy) is 1. The summed E-state index contributed by atoms with van der Waals surface area (Å²) in [6, 6.07) is 1.97. The smallest absolute Gasteiger partial charge is 0.129 e. The Kier molecular flexibility index (Phi) is 3.87. The van der Waals surface area contributed by atoms with Crippen LogP contribution in [0.15, 0.2) is 11.4 Å². The van der Waals surface area contributed by atoms with Crippen LogP contribution < -0.4 is 4.74 Å². The van der Waals surface area contributed by atoms with Crippen LogP contribution in [0.2, 0.25) is 0 Å². The Hall–Kier alpha value is -0.540. The third-order valence-electron chi connectivity index (χ3n) is 3.63. The van der Waals surface area contributed by atoms with Gasteiger partial charge in [0.2, 0.25) is 0 Å². The number of aliphatic hydroxyl groups is 1. The molecule has 0 aliphatic heterocycles. The molecule has 1 aliphatic carbocycles. The van der Waals surface area contributed by atoms with Crippen molar-refractivity contribution in [3.63, 3.8) is 0 Å². The Morgan fingerprint density at radius 3 is 2.62 bits per heavy atom.